The lowest BCUT2D eigenvalue weighted by Crippen LogP contribution is -2.66. The van der Waals surface area contributed by atoms with Crippen molar-refractivity contribution in [2.24, 2.45) is 0 Å². The summed E-state index contributed by atoms with van der Waals surface area (Å²) < 4.78 is 18.4. The third-order valence-electron chi connectivity index (χ3n) is 8.42. The molecule has 44 heavy (non-hydrogen) atoms. The minimum absolute atomic E-state index is 0.0308. The van der Waals surface area contributed by atoms with Gasteiger partial charge in [-0.05, 0) is 73.2 Å². The van der Waals surface area contributed by atoms with Crippen molar-refractivity contribution in [1.82, 2.24) is 0 Å². The highest BCUT2D eigenvalue weighted by Gasteiger charge is 2.49. The van der Waals surface area contributed by atoms with Crippen LogP contribution in [-0.4, -0.2) is 34.4 Å². The van der Waals surface area contributed by atoms with Crippen molar-refractivity contribution in [3.8, 4) is 23.7 Å². The van der Waals surface area contributed by atoms with Crippen molar-refractivity contribution in [2.75, 3.05) is 19.8 Å². The molecule has 1 aliphatic heterocycles. The lowest BCUT2D eigenvalue weighted by Gasteiger charge is -2.43. The Morgan fingerprint density at radius 2 is 1.11 bits per heavy atom. The lowest BCUT2D eigenvalue weighted by molar-refractivity contribution is -0.162. The van der Waals surface area contributed by atoms with E-state index < -0.39 is 8.32 Å². The Morgan fingerprint density at radius 1 is 0.636 bits per heavy atom. The Hall–Kier alpha value is -2.34. The van der Waals surface area contributed by atoms with E-state index in [2.05, 4.69) is 105 Å². The quantitative estimate of drug-likeness (QED) is 0.0952. The van der Waals surface area contributed by atoms with Gasteiger partial charge in [0.1, 0.15) is 0 Å². The van der Waals surface area contributed by atoms with Crippen LogP contribution in [0.25, 0.3) is 0 Å². The van der Waals surface area contributed by atoms with E-state index in [0.717, 1.165) is 77.6 Å². The van der Waals surface area contributed by atoms with Gasteiger partial charge in [-0.15, -0.1) is 23.7 Å². The van der Waals surface area contributed by atoms with Crippen molar-refractivity contribution >= 4 is 18.7 Å². The van der Waals surface area contributed by atoms with Crippen LogP contribution < -0.4 is 10.4 Å². The smallest absolute Gasteiger partial charge is 0.261 e. The molecule has 2 aromatic carbocycles. The number of rotatable bonds is 18. The van der Waals surface area contributed by atoms with Crippen molar-refractivity contribution in [1.29, 1.82) is 0 Å². The predicted molar refractivity (Wildman–Crippen MR) is 189 cm³/mol. The fraction of sp³-hybridized carbons (Fsp3) is 0.600. The summed E-state index contributed by atoms with van der Waals surface area (Å²) in [5.74, 6) is 13.5. The minimum atomic E-state index is -2.42. The first-order valence-electron chi connectivity index (χ1n) is 17.4. The molecule has 0 spiro atoms. The molecule has 4 heteroatoms. The molecular formula is C40H58O3Si. The third-order valence-corrected chi connectivity index (χ3v) is 13.5. The van der Waals surface area contributed by atoms with Crippen molar-refractivity contribution < 1.29 is 13.9 Å². The fourth-order valence-corrected chi connectivity index (χ4v) is 10.6. The van der Waals surface area contributed by atoms with Gasteiger partial charge in [0.2, 0.25) is 0 Å². The highest BCUT2D eigenvalue weighted by atomic mass is 28.4. The highest BCUT2D eigenvalue weighted by molar-refractivity contribution is 6.99. The predicted octanol–water partition coefficient (Wildman–Crippen LogP) is 9.18. The summed E-state index contributed by atoms with van der Waals surface area (Å²) in [6.45, 7) is 9.46. The standard InChI is InChI=1S/C40H58O3Si/c1-40(2,3)44(37-29-21-19-22-30-37,38-31-23-20-24-32-38)43-36-27-18-16-14-12-10-8-6-4-5-7-9-11-13-15-17-26-34-41-39-33-25-28-35-42-39/h19-24,29-32,39H,4-10,15-18,25-28,33-36H2,1-3H3. The summed E-state index contributed by atoms with van der Waals surface area (Å²) in [6.07, 6.45) is 18.1. The summed E-state index contributed by atoms with van der Waals surface area (Å²) in [5, 5.41) is 2.73. The molecule has 1 unspecified atom stereocenters. The maximum atomic E-state index is 6.99. The largest absolute Gasteiger partial charge is 0.407 e. The van der Waals surface area contributed by atoms with Gasteiger partial charge in [-0.2, -0.15) is 0 Å². The van der Waals surface area contributed by atoms with Gasteiger partial charge in [0.25, 0.3) is 8.32 Å². The van der Waals surface area contributed by atoms with E-state index in [9.17, 15) is 0 Å². The zero-order valence-electron chi connectivity index (χ0n) is 28.0. The molecule has 1 atom stereocenters. The molecule has 0 aromatic heterocycles. The Kier molecular flexibility index (Phi) is 17.6. The van der Waals surface area contributed by atoms with Crippen molar-refractivity contribution in [2.45, 2.75) is 135 Å². The SMILES string of the molecule is CC(C)(C)[Si](OCCCCC#CCCCCCCCC#CCCCCOC1CCCCO1)(c1ccccc1)c1ccccc1. The molecule has 0 aliphatic carbocycles. The van der Waals surface area contributed by atoms with Crippen LogP contribution in [0, 0.1) is 23.7 Å². The number of hydrogen-bond acceptors (Lipinski definition) is 3. The Balaban J connectivity index is 1.20. The Morgan fingerprint density at radius 3 is 1.59 bits per heavy atom. The number of benzene rings is 2. The molecule has 0 N–H and O–H groups in total. The first kappa shape index (κ1) is 36.1. The molecule has 1 heterocycles. The number of hydrogen-bond donors (Lipinski definition) is 0. The molecule has 0 saturated carbocycles. The Bertz CT molecular complexity index is 1090. The second-order valence-electron chi connectivity index (χ2n) is 13.1. The molecular weight excluding hydrogens is 557 g/mol. The van der Waals surface area contributed by atoms with Crippen LogP contribution in [0.15, 0.2) is 60.7 Å². The molecule has 1 aliphatic rings. The average Bonchev–Trinajstić information content (AvgIpc) is 3.04. The van der Waals surface area contributed by atoms with E-state index in [-0.39, 0.29) is 11.3 Å². The van der Waals surface area contributed by atoms with Gasteiger partial charge in [-0.3, -0.25) is 0 Å². The van der Waals surface area contributed by atoms with Gasteiger partial charge >= 0.3 is 0 Å². The van der Waals surface area contributed by atoms with Crippen LogP contribution in [-0.2, 0) is 13.9 Å². The summed E-state index contributed by atoms with van der Waals surface area (Å²) in [4.78, 5) is 0. The average molecular weight is 615 g/mol. The van der Waals surface area contributed by atoms with Crippen LogP contribution >= 0.6 is 0 Å². The van der Waals surface area contributed by atoms with Crippen LogP contribution in [0.2, 0.25) is 5.04 Å². The molecule has 1 fully saturated rings. The summed E-state index contributed by atoms with van der Waals surface area (Å²) in [6, 6.07) is 21.8. The fourth-order valence-electron chi connectivity index (χ4n) is 5.99. The highest BCUT2D eigenvalue weighted by Crippen LogP contribution is 2.36. The van der Waals surface area contributed by atoms with E-state index in [1.165, 1.54) is 55.3 Å². The normalized spacial score (nSPS) is 15.2. The van der Waals surface area contributed by atoms with E-state index in [1.807, 2.05) is 0 Å². The van der Waals surface area contributed by atoms with Crippen LogP contribution in [0.1, 0.15) is 124 Å². The van der Waals surface area contributed by atoms with Crippen molar-refractivity contribution in [3.05, 3.63) is 60.7 Å². The van der Waals surface area contributed by atoms with Crippen LogP contribution in [0.5, 0.6) is 0 Å². The molecule has 3 rings (SSSR count). The second kappa shape index (κ2) is 21.4. The van der Waals surface area contributed by atoms with Gasteiger partial charge in [0.05, 0.1) is 0 Å². The first-order valence-corrected chi connectivity index (χ1v) is 19.3. The maximum Gasteiger partial charge on any atom is 0.261 e. The number of ether oxygens (including phenoxy) is 2. The number of unbranched alkanes of at least 4 members (excludes halogenated alkanes) is 10. The summed E-state index contributed by atoms with van der Waals surface area (Å²) in [5.41, 5.74) is 0. The Labute approximate surface area is 271 Å². The molecule has 0 amide bonds. The monoisotopic (exact) mass is 614 g/mol. The summed E-state index contributed by atoms with van der Waals surface area (Å²) >= 11 is 0. The lowest BCUT2D eigenvalue weighted by atomic mass is 10.1. The van der Waals surface area contributed by atoms with Gasteiger partial charge < -0.3 is 13.9 Å². The topological polar surface area (TPSA) is 27.7 Å². The van der Waals surface area contributed by atoms with Crippen LogP contribution in [0.3, 0.4) is 0 Å². The first-order chi connectivity index (χ1) is 21.5. The molecule has 0 radical (unpaired) electrons. The maximum absolute atomic E-state index is 6.99. The zero-order valence-corrected chi connectivity index (χ0v) is 29.0. The second-order valence-corrected chi connectivity index (χ2v) is 17.4. The van der Waals surface area contributed by atoms with Gasteiger partial charge in [0.15, 0.2) is 6.29 Å². The van der Waals surface area contributed by atoms with Gasteiger partial charge in [0, 0.05) is 45.5 Å². The molecule has 2 aromatic rings. The van der Waals surface area contributed by atoms with E-state index >= 15 is 0 Å². The van der Waals surface area contributed by atoms with Gasteiger partial charge in [-0.1, -0.05) is 101 Å². The van der Waals surface area contributed by atoms with E-state index in [0.29, 0.717) is 0 Å². The summed E-state index contributed by atoms with van der Waals surface area (Å²) in [7, 11) is -2.42. The van der Waals surface area contributed by atoms with E-state index in [4.69, 9.17) is 13.9 Å². The minimum Gasteiger partial charge on any atom is -0.407 e. The van der Waals surface area contributed by atoms with Crippen molar-refractivity contribution in [3.63, 3.8) is 0 Å². The molecule has 3 nitrogen and oxygen atoms in total. The zero-order chi connectivity index (χ0) is 31.2. The molecule has 240 valence electrons. The molecule has 1 saturated heterocycles. The van der Waals surface area contributed by atoms with Crippen LogP contribution in [0.4, 0.5) is 0 Å². The van der Waals surface area contributed by atoms with Gasteiger partial charge in [-0.25, -0.2) is 0 Å². The molecule has 0 bridgehead atoms. The van der Waals surface area contributed by atoms with E-state index in [1.54, 1.807) is 0 Å². The third kappa shape index (κ3) is 12.9.